The van der Waals surface area contributed by atoms with Crippen molar-refractivity contribution < 1.29 is 38.3 Å². The number of rotatable bonds is 20. The molecule has 39 heavy (non-hydrogen) atoms. The number of benzene rings is 2. The Bertz CT molecular complexity index is 1010. The fraction of sp³-hybridized carbons (Fsp3) is 0.481. The second-order valence-corrected chi connectivity index (χ2v) is 13.2. The van der Waals surface area contributed by atoms with Gasteiger partial charge >= 0.3 is 15.2 Å². The van der Waals surface area contributed by atoms with Crippen molar-refractivity contribution >= 4 is 39.4 Å². The monoisotopic (exact) mass is 582 g/mol. The Labute approximate surface area is 230 Å². The molecule has 0 radical (unpaired) electrons. The van der Waals surface area contributed by atoms with Crippen LogP contribution in [-0.2, 0) is 31.6 Å². The fourth-order valence-corrected chi connectivity index (χ4v) is 5.29. The van der Waals surface area contributed by atoms with Crippen LogP contribution >= 0.6 is 15.2 Å². The molecule has 0 spiro atoms. The summed E-state index contributed by atoms with van der Waals surface area (Å²) in [5, 5.41) is 0. The highest BCUT2D eigenvalue weighted by molar-refractivity contribution is 7.52. The molecule has 2 aromatic carbocycles. The van der Waals surface area contributed by atoms with Gasteiger partial charge in [-0.15, -0.1) is 0 Å². The van der Waals surface area contributed by atoms with E-state index >= 15 is 0 Å². The van der Waals surface area contributed by atoms with E-state index in [1.54, 1.807) is 58.3 Å². The van der Waals surface area contributed by atoms with Gasteiger partial charge in [-0.25, -0.2) is 0 Å². The lowest BCUT2D eigenvalue weighted by atomic mass is 10.1. The topological polar surface area (TPSA) is 156 Å². The second kappa shape index (κ2) is 16.7. The maximum atomic E-state index is 11.5. The summed E-state index contributed by atoms with van der Waals surface area (Å²) in [6.07, 6.45) is 8.73. The summed E-state index contributed by atoms with van der Waals surface area (Å²) >= 11 is 0. The molecule has 2 aromatic rings. The molecule has 0 bridgehead atoms. The summed E-state index contributed by atoms with van der Waals surface area (Å²) in [5.41, 5.74) is 3.16. The summed E-state index contributed by atoms with van der Waals surface area (Å²) < 4.78 is 22.0. The minimum atomic E-state index is -4.03. The zero-order valence-corrected chi connectivity index (χ0v) is 24.0. The van der Waals surface area contributed by atoms with Gasteiger partial charge in [-0.05, 0) is 61.1 Å². The molecule has 216 valence electrons. The molecule has 0 atom stereocenters. The zero-order valence-electron chi connectivity index (χ0n) is 22.2. The van der Waals surface area contributed by atoms with Gasteiger partial charge in [0, 0.05) is 24.5 Å². The number of anilines is 2. The molecule has 4 N–H and O–H groups in total. The third kappa shape index (κ3) is 14.0. The van der Waals surface area contributed by atoms with Crippen molar-refractivity contribution in [2.24, 2.45) is 0 Å². The standard InChI is InChI=1S/C27H40N2O8P2/c30-22-28(26-12-8-24(9-13-26)16-20-38(32,33)34)18-6-4-2-1-3-5-7-19-29(23-31)27-14-10-25(11-15-27)17-21-39(35,36)37/h8-15,22-23H,1-7,16-21H2,(H2,32,33,34)(H2,35,36,37). The quantitative estimate of drug-likeness (QED) is 0.101. The molecule has 12 heteroatoms. The van der Waals surface area contributed by atoms with Gasteiger partial charge in [0.25, 0.3) is 0 Å². The molecular weight excluding hydrogens is 542 g/mol. The Morgan fingerprint density at radius 1 is 0.538 bits per heavy atom. The molecule has 0 heterocycles. The SMILES string of the molecule is O=CN(CCCCCCCCCN(C=O)c1ccc(CCP(=O)(O)O)cc1)c1ccc(CCP(=O)(O)O)cc1. The first kappa shape index (κ1) is 32.9. The summed E-state index contributed by atoms with van der Waals surface area (Å²) in [6, 6.07) is 14.4. The molecule has 0 aliphatic carbocycles. The van der Waals surface area contributed by atoms with Crippen molar-refractivity contribution in [3.63, 3.8) is 0 Å². The number of hydrogen-bond donors (Lipinski definition) is 4. The van der Waals surface area contributed by atoms with Crippen molar-refractivity contribution in [2.75, 3.05) is 35.2 Å². The summed E-state index contributed by atoms with van der Waals surface area (Å²) in [6.45, 7) is 1.22. The smallest absolute Gasteiger partial charge is 0.324 e. The number of unbranched alkanes of at least 4 members (excludes halogenated alkanes) is 6. The van der Waals surface area contributed by atoms with E-state index in [-0.39, 0.29) is 25.2 Å². The second-order valence-electron chi connectivity index (χ2n) is 9.68. The van der Waals surface area contributed by atoms with Crippen LogP contribution in [0.3, 0.4) is 0 Å². The molecular formula is C27H40N2O8P2. The van der Waals surface area contributed by atoms with E-state index in [0.717, 1.165) is 80.3 Å². The third-order valence-electron chi connectivity index (χ3n) is 6.47. The van der Waals surface area contributed by atoms with Crippen LogP contribution in [0.25, 0.3) is 0 Å². The summed E-state index contributed by atoms with van der Waals surface area (Å²) in [7, 11) is -8.05. The molecule has 0 aromatic heterocycles. The van der Waals surface area contributed by atoms with E-state index in [1.165, 1.54) is 0 Å². The predicted octanol–water partition coefficient (Wildman–Crippen LogP) is 4.48. The third-order valence-corrected chi connectivity index (χ3v) is 8.08. The number of hydrogen-bond acceptors (Lipinski definition) is 4. The van der Waals surface area contributed by atoms with Gasteiger partial charge in [0.15, 0.2) is 0 Å². The molecule has 0 saturated heterocycles. The molecule has 2 amide bonds. The fourth-order valence-electron chi connectivity index (χ4n) is 4.19. The summed E-state index contributed by atoms with van der Waals surface area (Å²) in [4.78, 5) is 62.3. The largest absolute Gasteiger partial charge is 0.325 e. The van der Waals surface area contributed by atoms with Crippen LogP contribution in [0.4, 0.5) is 11.4 Å². The Balaban J connectivity index is 1.60. The van der Waals surface area contributed by atoms with Gasteiger partial charge in [0.05, 0.1) is 12.3 Å². The number of carbonyl (C=O) groups excluding carboxylic acids is 2. The van der Waals surface area contributed by atoms with Gasteiger partial charge < -0.3 is 29.4 Å². The number of amides is 2. The van der Waals surface area contributed by atoms with Gasteiger partial charge in [0.2, 0.25) is 12.8 Å². The molecule has 10 nitrogen and oxygen atoms in total. The van der Waals surface area contributed by atoms with Crippen LogP contribution in [0.1, 0.15) is 56.1 Å². The van der Waals surface area contributed by atoms with Gasteiger partial charge in [-0.3, -0.25) is 18.7 Å². The van der Waals surface area contributed by atoms with Crippen LogP contribution in [0.2, 0.25) is 0 Å². The van der Waals surface area contributed by atoms with Gasteiger partial charge in [0.1, 0.15) is 0 Å². The van der Waals surface area contributed by atoms with Crippen LogP contribution in [0.15, 0.2) is 48.5 Å². The maximum absolute atomic E-state index is 11.5. The Hall–Kier alpha value is -2.32. The average molecular weight is 583 g/mol. The van der Waals surface area contributed by atoms with E-state index in [2.05, 4.69) is 0 Å². The van der Waals surface area contributed by atoms with Crippen LogP contribution < -0.4 is 9.80 Å². The molecule has 0 unspecified atom stereocenters. The lowest BCUT2D eigenvalue weighted by molar-refractivity contribution is -0.108. The first-order chi connectivity index (χ1) is 18.5. The van der Waals surface area contributed by atoms with Crippen molar-refractivity contribution in [3.8, 4) is 0 Å². The first-order valence-corrected chi connectivity index (χ1v) is 16.8. The van der Waals surface area contributed by atoms with Crippen LogP contribution in [0.5, 0.6) is 0 Å². The van der Waals surface area contributed by atoms with Crippen molar-refractivity contribution in [1.29, 1.82) is 0 Å². The highest BCUT2D eigenvalue weighted by Gasteiger charge is 2.14. The van der Waals surface area contributed by atoms with Gasteiger partial charge in [-0.2, -0.15) is 0 Å². The molecule has 2 rings (SSSR count). The first-order valence-electron chi connectivity index (χ1n) is 13.2. The number of aryl methyl sites for hydroxylation is 2. The van der Waals surface area contributed by atoms with Gasteiger partial charge in [-0.1, -0.05) is 56.4 Å². The minimum Gasteiger partial charge on any atom is -0.324 e. The molecule has 0 aliphatic rings. The predicted molar refractivity (Wildman–Crippen MR) is 153 cm³/mol. The Morgan fingerprint density at radius 3 is 1.13 bits per heavy atom. The number of nitrogens with zero attached hydrogens (tertiary/aromatic N) is 2. The van der Waals surface area contributed by atoms with E-state index in [1.807, 2.05) is 0 Å². The van der Waals surface area contributed by atoms with Crippen molar-refractivity contribution in [2.45, 2.75) is 57.8 Å². The number of carbonyl (C=O) groups is 2. The van der Waals surface area contributed by atoms with E-state index < -0.39 is 15.2 Å². The van der Waals surface area contributed by atoms with Crippen molar-refractivity contribution in [1.82, 2.24) is 0 Å². The van der Waals surface area contributed by atoms with Crippen LogP contribution in [0, 0.1) is 0 Å². The average Bonchev–Trinajstić information content (AvgIpc) is 2.90. The highest BCUT2D eigenvalue weighted by Crippen LogP contribution is 2.35. The normalized spacial score (nSPS) is 11.8. The molecule has 0 aliphatic heterocycles. The van der Waals surface area contributed by atoms with E-state index in [0.29, 0.717) is 13.1 Å². The van der Waals surface area contributed by atoms with Crippen molar-refractivity contribution in [3.05, 3.63) is 59.7 Å². The Kier molecular flexibility index (Phi) is 14.1. The summed E-state index contributed by atoms with van der Waals surface area (Å²) in [5.74, 6) is 0. The lowest BCUT2D eigenvalue weighted by Gasteiger charge is -2.18. The minimum absolute atomic E-state index is 0.196. The lowest BCUT2D eigenvalue weighted by Crippen LogP contribution is -2.22. The zero-order chi connectivity index (χ0) is 28.7. The highest BCUT2D eigenvalue weighted by atomic mass is 31.2. The van der Waals surface area contributed by atoms with Crippen LogP contribution in [-0.4, -0.2) is 57.8 Å². The van der Waals surface area contributed by atoms with E-state index in [4.69, 9.17) is 19.6 Å². The Morgan fingerprint density at radius 2 is 0.846 bits per heavy atom. The van der Waals surface area contributed by atoms with E-state index in [9.17, 15) is 18.7 Å². The molecule has 0 fully saturated rings. The molecule has 0 saturated carbocycles. The maximum Gasteiger partial charge on any atom is 0.325 e.